The second-order valence-electron chi connectivity index (χ2n) is 3.73. The molecule has 1 aromatic rings. The van der Waals surface area contributed by atoms with Gasteiger partial charge in [0.05, 0.1) is 26.0 Å². The average molecular weight is 407 g/mol. The number of esters is 2. The number of hydrogen-bond donors (Lipinski definition) is 1. The van der Waals surface area contributed by atoms with Crippen LogP contribution in [0.5, 0.6) is 0 Å². The standard InChI is InChI=1S/C13H13Br2NO4/c1-7-8(14)4-5-9(12(7)15)16-10(13(18)20-3)6-11(17)19-2/h4-6,16H,1-3H3/b10-6+. The van der Waals surface area contributed by atoms with E-state index in [0.29, 0.717) is 5.69 Å². The van der Waals surface area contributed by atoms with E-state index in [1.54, 1.807) is 6.07 Å². The van der Waals surface area contributed by atoms with Gasteiger partial charge in [0, 0.05) is 8.95 Å². The molecule has 7 heteroatoms. The number of ether oxygens (including phenoxy) is 2. The van der Waals surface area contributed by atoms with Gasteiger partial charge in [0.25, 0.3) is 0 Å². The summed E-state index contributed by atoms with van der Waals surface area (Å²) < 4.78 is 10.8. The summed E-state index contributed by atoms with van der Waals surface area (Å²) in [5, 5.41) is 2.85. The Morgan fingerprint density at radius 3 is 2.40 bits per heavy atom. The lowest BCUT2D eigenvalue weighted by atomic mass is 10.2. The van der Waals surface area contributed by atoms with Crippen molar-refractivity contribution in [2.24, 2.45) is 0 Å². The minimum atomic E-state index is -0.664. The fourth-order valence-electron chi connectivity index (χ4n) is 1.34. The van der Waals surface area contributed by atoms with Crippen LogP contribution in [0.15, 0.2) is 32.9 Å². The largest absolute Gasteiger partial charge is 0.466 e. The van der Waals surface area contributed by atoms with Crippen LogP contribution in [0.2, 0.25) is 0 Å². The Morgan fingerprint density at radius 1 is 1.20 bits per heavy atom. The molecule has 0 amide bonds. The number of rotatable bonds is 4. The van der Waals surface area contributed by atoms with Crippen LogP contribution in [0, 0.1) is 6.92 Å². The maximum absolute atomic E-state index is 11.6. The van der Waals surface area contributed by atoms with Gasteiger partial charge in [-0.15, -0.1) is 0 Å². The lowest BCUT2D eigenvalue weighted by Crippen LogP contribution is -2.15. The fraction of sp³-hybridized carbons (Fsp3) is 0.231. The number of carbonyl (C=O) groups is 2. The molecule has 0 bridgehead atoms. The second-order valence-corrected chi connectivity index (χ2v) is 5.38. The summed E-state index contributed by atoms with van der Waals surface area (Å²) in [4.78, 5) is 22.9. The van der Waals surface area contributed by atoms with Crippen molar-refractivity contribution in [2.75, 3.05) is 19.5 Å². The number of nitrogens with one attached hydrogen (secondary N) is 1. The van der Waals surface area contributed by atoms with Crippen molar-refractivity contribution >= 4 is 49.5 Å². The average Bonchev–Trinajstić information content (AvgIpc) is 2.45. The second kappa shape index (κ2) is 7.44. The first-order chi connectivity index (χ1) is 9.40. The van der Waals surface area contributed by atoms with Crippen molar-refractivity contribution in [3.63, 3.8) is 0 Å². The minimum absolute atomic E-state index is 0.0122. The summed E-state index contributed by atoms with van der Waals surface area (Å²) in [5.41, 5.74) is 1.57. The summed E-state index contributed by atoms with van der Waals surface area (Å²) in [6.07, 6.45) is 1.04. The third-order valence-corrected chi connectivity index (χ3v) is 4.34. The summed E-state index contributed by atoms with van der Waals surface area (Å²) in [7, 11) is 2.46. The van der Waals surface area contributed by atoms with Crippen molar-refractivity contribution in [3.05, 3.63) is 38.4 Å². The molecule has 1 aromatic carbocycles. The van der Waals surface area contributed by atoms with Crippen LogP contribution in [0.25, 0.3) is 0 Å². The number of benzene rings is 1. The molecule has 0 unspecified atom stereocenters. The third-order valence-electron chi connectivity index (χ3n) is 2.46. The van der Waals surface area contributed by atoms with Gasteiger partial charge in [0.2, 0.25) is 0 Å². The summed E-state index contributed by atoms with van der Waals surface area (Å²) in [6, 6.07) is 3.59. The molecule has 0 saturated heterocycles. The quantitative estimate of drug-likeness (QED) is 0.614. The first-order valence-corrected chi connectivity index (χ1v) is 7.08. The van der Waals surface area contributed by atoms with Crippen molar-refractivity contribution in [2.45, 2.75) is 6.92 Å². The zero-order valence-corrected chi connectivity index (χ0v) is 14.3. The van der Waals surface area contributed by atoms with E-state index in [4.69, 9.17) is 0 Å². The lowest BCUT2D eigenvalue weighted by molar-refractivity contribution is -0.138. The van der Waals surface area contributed by atoms with Crippen LogP contribution in [-0.4, -0.2) is 26.2 Å². The number of halogens is 2. The zero-order valence-electron chi connectivity index (χ0n) is 11.1. The predicted molar refractivity (Wildman–Crippen MR) is 82.3 cm³/mol. The summed E-state index contributed by atoms with van der Waals surface area (Å²) in [6.45, 7) is 1.90. The Hall–Kier alpha value is -1.34. The zero-order chi connectivity index (χ0) is 15.3. The van der Waals surface area contributed by atoms with Gasteiger partial charge < -0.3 is 14.8 Å². The first kappa shape index (κ1) is 16.7. The van der Waals surface area contributed by atoms with Crippen LogP contribution >= 0.6 is 31.9 Å². The van der Waals surface area contributed by atoms with E-state index in [0.717, 1.165) is 20.6 Å². The molecule has 0 atom stereocenters. The highest BCUT2D eigenvalue weighted by Crippen LogP contribution is 2.32. The molecule has 0 heterocycles. The molecule has 108 valence electrons. The monoisotopic (exact) mass is 405 g/mol. The minimum Gasteiger partial charge on any atom is -0.466 e. The highest BCUT2D eigenvalue weighted by molar-refractivity contribution is 9.11. The first-order valence-electron chi connectivity index (χ1n) is 5.50. The van der Waals surface area contributed by atoms with Gasteiger partial charge in [-0.25, -0.2) is 9.59 Å². The third kappa shape index (κ3) is 4.08. The maximum Gasteiger partial charge on any atom is 0.354 e. The van der Waals surface area contributed by atoms with Gasteiger partial charge in [0.15, 0.2) is 0 Å². The van der Waals surface area contributed by atoms with Gasteiger partial charge in [0.1, 0.15) is 5.70 Å². The van der Waals surface area contributed by atoms with Gasteiger partial charge >= 0.3 is 11.9 Å². The Labute approximate surface area is 133 Å². The van der Waals surface area contributed by atoms with Crippen molar-refractivity contribution in [1.29, 1.82) is 0 Å². The van der Waals surface area contributed by atoms with Crippen molar-refractivity contribution in [3.8, 4) is 0 Å². The number of hydrogen-bond acceptors (Lipinski definition) is 5. The van der Waals surface area contributed by atoms with E-state index in [2.05, 4.69) is 46.7 Å². The molecule has 0 radical (unpaired) electrons. The number of anilines is 1. The Morgan fingerprint density at radius 2 is 1.85 bits per heavy atom. The maximum atomic E-state index is 11.6. The van der Waals surface area contributed by atoms with E-state index in [1.807, 2.05) is 13.0 Å². The number of methoxy groups -OCH3 is 2. The van der Waals surface area contributed by atoms with E-state index in [-0.39, 0.29) is 5.70 Å². The Kier molecular flexibility index (Phi) is 6.22. The molecule has 5 nitrogen and oxygen atoms in total. The van der Waals surface area contributed by atoms with Crippen LogP contribution in [0.4, 0.5) is 5.69 Å². The molecule has 0 spiro atoms. The van der Waals surface area contributed by atoms with Crippen LogP contribution in [0.3, 0.4) is 0 Å². The topological polar surface area (TPSA) is 64.6 Å². The Balaban J connectivity index is 3.14. The van der Waals surface area contributed by atoms with Gasteiger partial charge in [-0.2, -0.15) is 0 Å². The van der Waals surface area contributed by atoms with Crippen LogP contribution in [0.1, 0.15) is 5.56 Å². The SMILES string of the molecule is COC(=O)/C=C(/Nc1ccc(Br)c(C)c1Br)C(=O)OC. The molecular formula is C13H13Br2NO4. The molecule has 0 aliphatic heterocycles. The van der Waals surface area contributed by atoms with E-state index < -0.39 is 11.9 Å². The highest BCUT2D eigenvalue weighted by Gasteiger charge is 2.15. The molecule has 0 saturated carbocycles. The van der Waals surface area contributed by atoms with Crippen molar-refractivity contribution < 1.29 is 19.1 Å². The molecule has 0 aliphatic carbocycles. The van der Waals surface area contributed by atoms with Gasteiger partial charge in [-0.3, -0.25) is 0 Å². The van der Waals surface area contributed by atoms with Gasteiger partial charge in [-0.1, -0.05) is 15.9 Å². The fourth-order valence-corrected chi connectivity index (χ4v) is 2.38. The predicted octanol–water partition coefficient (Wildman–Crippen LogP) is 3.16. The Bertz CT molecular complexity index is 570. The van der Waals surface area contributed by atoms with Crippen LogP contribution in [-0.2, 0) is 19.1 Å². The van der Waals surface area contributed by atoms with E-state index >= 15 is 0 Å². The normalized spacial score (nSPS) is 10.9. The molecule has 0 aromatic heterocycles. The number of carbonyl (C=O) groups excluding carboxylic acids is 2. The lowest BCUT2D eigenvalue weighted by Gasteiger charge is -2.13. The summed E-state index contributed by atoms with van der Waals surface area (Å²) in [5.74, 6) is -1.31. The molecule has 1 N–H and O–H groups in total. The smallest absolute Gasteiger partial charge is 0.354 e. The van der Waals surface area contributed by atoms with Gasteiger partial charge in [-0.05, 0) is 40.5 Å². The molecule has 1 rings (SSSR count). The molecule has 20 heavy (non-hydrogen) atoms. The van der Waals surface area contributed by atoms with E-state index in [1.165, 1.54) is 14.2 Å². The van der Waals surface area contributed by atoms with Crippen molar-refractivity contribution in [1.82, 2.24) is 0 Å². The van der Waals surface area contributed by atoms with E-state index in [9.17, 15) is 9.59 Å². The van der Waals surface area contributed by atoms with Crippen LogP contribution < -0.4 is 5.32 Å². The highest BCUT2D eigenvalue weighted by atomic mass is 79.9. The summed E-state index contributed by atoms with van der Waals surface area (Å²) >= 11 is 6.83. The molecular weight excluding hydrogens is 394 g/mol. The molecule has 0 fully saturated rings. The molecule has 0 aliphatic rings.